The second-order valence-corrected chi connectivity index (χ2v) is 4.25. The maximum atomic E-state index is 12.1. The number of hydrogen-bond donors (Lipinski definition) is 1. The van der Waals surface area contributed by atoms with Gasteiger partial charge >= 0.3 is 5.97 Å². The summed E-state index contributed by atoms with van der Waals surface area (Å²) >= 11 is 0. The minimum atomic E-state index is -0.875. The third-order valence-corrected chi connectivity index (χ3v) is 2.73. The third-order valence-electron chi connectivity index (χ3n) is 2.73. The summed E-state index contributed by atoms with van der Waals surface area (Å²) in [6, 6.07) is 8.37. The van der Waals surface area contributed by atoms with Crippen LogP contribution < -0.4 is 5.32 Å². The fraction of sp³-hybridized carbons (Fsp3) is 0.200. The zero-order valence-corrected chi connectivity index (χ0v) is 11.5. The van der Waals surface area contributed by atoms with Crippen LogP contribution in [0.15, 0.2) is 48.9 Å². The van der Waals surface area contributed by atoms with Crippen molar-refractivity contribution in [3.8, 4) is 0 Å². The van der Waals surface area contributed by atoms with Crippen LogP contribution in [-0.4, -0.2) is 27.9 Å². The van der Waals surface area contributed by atoms with Crippen LogP contribution in [0.3, 0.4) is 0 Å². The first-order valence-corrected chi connectivity index (χ1v) is 6.53. The van der Waals surface area contributed by atoms with Crippen molar-refractivity contribution in [3.05, 3.63) is 54.5 Å². The van der Waals surface area contributed by atoms with Crippen molar-refractivity contribution in [3.63, 3.8) is 0 Å². The van der Waals surface area contributed by atoms with Crippen molar-refractivity contribution in [2.45, 2.75) is 19.4 Å². The van der Waals surface area contributed by atoms with Crippen LogP contribution in [0.1, 0.15) is 23.7 Å². The number of amides is 1. The van der Waals surface area contributed by atoms with Crippen LogP contribution in [0.25, 0.3) is 0 Å². The van der Waals surface area contributed by atoms with Gasteiger partial charge in [0, 0.05) is 18.6 Å². The molecule has 0 radical (unpaired) electrons. The van der Waals surface area contributed by atoms with Crippen LogP contribution in [0.5, 0.6) is 0 Å². The highest BCUT2D eigenvalue weighted by Crippen LogP contribution is 2.08. The lowest BCUT2D eigenvalue weighted by Crippen LogP contribution is -2.32. The third kappa shape index (κ3) is 4.10. The Kier molecular flexibility index (Phi) is 4.98. The molecule has 108 valence electrons. The molecule has 0 aromatic carbocycles. The summed E-state index contributed by atoms with van der Waals surface area (Å²) in [6.07, 6.45) is 4.01. The van der Waals surface area contributed by atoms with Gasteiger partial charge in [0.15, 0.2) is 6.10 Å². The number of nitrogens with one attached hydrogen (secondary N) is 1. The smallest absolute Gasteiger partial charge is 0.340 e. The van der Waals surface area contributed by atoms with Crippen molar-refractivity contribution in [2.75, 3.05) is 5.32 Å². The number of aromatic nitrogens is 2. The summed E-state index contributed by atoms with van der Waals surface area (Å²) in [7, 11) is 0. The average molecular weight is 285 g/mol. The normalized spacial score (nSPS) is 11.5. The Morgan fingerprint density at radius 1 is 1.24 bits per heavy atom. The molecular weight excluding hydrogens is 270 g/mol. The number of nitrogens with zero attached hydrogens (tertiary/aromatic N) is 2. The van der Waals surface area contributed by atoms with Gasteiger partial charge in [-0.05, 0) is 30.7 Å². The largest absolute Gasteiger partial charge is 0.449 e. The molecule has 21 heavy (non-hydrogen) atoms. The number of anilines is 1. The van der Waals surface area contributed by atoms with E-state index >= 15 is 0 Å². The number of carbonyl (C=O) groups is 2. The van der Waals surface area contributed by atoms with Gasteiger partial charge in [0.25, 0.3) is 5.91 Å². The van der Waals surface area contributed by atoms with Crippen molar-refractivity contribution < 1.29 is 14.3 Å². The minimum Gasteiger partial charge on any atom is -0.449 e. The fourth-order valence-corrected chi connectivity index (χ4v) is 1.65. The Bertz CT molecular complexity index is 602. The summed E-state index contributed by atoms with van der Waals surface area (Å²) < 4.78 is 5.20. The number of hydrogen-bond acceptors (Lipinski definition) is 5. The standard InChI is InChI=1S/C15H15N3O3/c1-2-12(14(19)18-13-7-3-4-9-17-13)21-15(20)11-6-5-8-16-10-11/h3-10,12H,2H2,1H3,(H,17,18,19). The lowest BCUT2D eigenvalue weighted by atomic mass is 10.2. The van der Waals surface area contributed by atoms with Crippen LogP contribution >= 0.6 is 0 Å². The van der Waals surface area contributed by atoms with E-state index in [1.165, 1.54) is 6.20 Å². The molecular formula is C15H15N3O3. The van der Waals surface area contributed by atoms with Crippen LogP contribution in [0.4, 0.5) is 5.82 Å². The molecule has 0 fully saturated rings. The topological polar surface area (TPSA) is 81.2 Å². The van der Waals surface area contributed by atoms with Gasteiger partial charge in [-0.15, -0.1) is 0 Å². The first kappa shape index (κ1) is 14.6. The first-order chi connectivity index (χ1) is 10.2. The van der Waals surface area contributed by atoms with Gasteiger partial charge in [-0.2, -0.15) is 0 Å². The average Bonchev–Trinajstić information content (AvgIpc) is 2.54. The van der Waals surface area contributed by atoms with E-state index in [9.17, 15) is 9.59 Å². The first-order valence-electron chi connectivity index (χ1n) is 6.53. The highest BCUT2D eigenvalue weighted by Gasteiger charge is 2.22. The second-order valence-electron chi connectivity index (χ2n) is 4.25. The van der Waals surface area contributed by atoms with Crippen LogP contribution in [0, 0.1) is 0 Å². The second kappa shape index (κ2) is 7.14. The molecule has 0 saturated carbocycles. The van der Waals surface area contributed by atoms with E-state index in [1.807, 2.05) is 0 Å². The molecule has 6 heteroatoms. The molecule has 0 aliphatic heterocycles. The molecule has 2 aromatic rings. The highest BCUT2D eigenvalue weighted by atomic mass is 16.5. The summed E-state index contributed by atoms with van der Waals surface area (Å²) in [5, 5.41) is 2.61. The summed E-state index contributed by atoms with van der Waals surface area (Å²) in [5.41, 5.74) is 0.307. The summed E-state index contributed by atoms with van der Waals surface area (Å²) in [4.78, 5) is 31.8. The molecule has 0 bridgehead atoms. The van der Waals surface area contributed by atoms with Crippen LogP contribution in [0.2, 0.25) is 0 Å². The summed E-state index contributed by atoms with van der Waals surface area (Å²) in [6.45, 7) is 1.76. The number of rotatable bonds is 5. The van der Waals surface area contributed by atoms with E-state index in [2.05, 4.69) is 15.3 Å². The zero-order valence-electron chi connectivity index (χ0n) is 11.5. The molecule has 0 spiro atoms. The molecule has 1 atom stereocenters. The lowest BCUT2D eigenvalue weighted by molar-refractivity contribution is -0.124. The predicted octanol–water partition coefficient (Wildman–Crippen LogP) is 2.05. The van der Waals surface area contributed by atoms with E-state index in [0.29, 0.717) is 17.8 Å². The quantitative estimate of drug-likeness (QED) is 0.850. The monoisotopic (exact) mass is 285 g/mol. The van der Waals surface area contributed by atoms with Crippen LogP contribution in [-0.2, 0) is 9.53 Å². The van der Waals surface area contributed by atoms with Gasteiger partial charge in [-0.25, -0.2) is 9.78 Å². The molecule has 1 unspecified atom stereocenters. The zero-order chi connectivity index (χ0) is 15.1. The number of esters is 1. The molecule has 0 saturated heterocycles. The van der Waals surface area contributed by atoms with Gasteiger partial charge in [-0.3, -0.25) is 9.78 Å². The molecule has 2 heterocycles. The summed E-state index contributed by atoms with van der Waals surface area (Å²) in [5.74, 6) is -0.571. The lowest BCUT2D eigenvalue weighted by Gasteiger charge is -2.15. The number of pyridine rings is 2. The maximum Gasteiger partial charge on any atom is 0.340 e. The highest BCUT2D eigenvalue weighted by molar-refractivity contribution is 5.96. The van der Waals surface area contributed by atoms with E-state index in [-0.39, 0.29) is 0 Å². The minimum absolute atomic E-state index is 0.307. The van der Waals surface area contributed by atoms with Crippen molar-refractivity contribution >= 4 is 17.7 Å². The molecule has 2 rings (SSSR count). The van der Waals surface area contributed by atoms with Gasteiger partial charge < -0.3 is 10.1 Å². The molecule has 1 amide bonds. The molecule has 0 aliphatic carbocycles. The Morgan fingerprint density at radius 2 is 2.10 bits per heavy atom. The molecule has 0 aliphatic rings. The molecule has 6 nitrogen and oxygen atoms in total. The van der Waals surface area contributed by atoms with Crippen molar-refractivity contribution in [2.24, 2.45) is 0 Å². The van der Waals surface area contributed by atoms with E-state index in [1.54, 1.807) is 49.6 Å². The number of ether oxygens (including phenoxy) is 1. The maximum absolute atomic E-state index is 12.1. The van der Waals surface area contributed by atoms with Gasteiger partial charge in [-0.1, -0.05) is 13.0 Å². The predicted molar refractivity (Wildman–Crippen MR) is 76.6 cm³/mol. The Balaban J connectivity index is 1.99. The Labute approximate surface area is 122 Å². The van der Waals surface area contributed by atoms with Crippen molar-refractivity contribution in [1.29, 1.82) is 0 Å². The molecule has 1 N–H and O–H groups in total. The van der Waals surface area contributed by atoms with E-state index in [4.69, 9.17) is 4.74 Å². The SMILES string of the molecule is CCC(OC(=O)c1cccnc1)C(=O)Nc1ccccn1. The van der Waals surface area contributed by atoms with Crippen molar-refractivity contribution in [1.82, 2.24) is 9.97 Å². The van der Waals surface area contributed by atoms with Gasteiger partial charge in [0.1, 0.15) is 5.82 Å². The van der Waals surface area contributed by atoms with E-state index < -0.39 is 18.0 Å². The Hall–Kier alpha value is -2.76. The fourth-order valence-electron chi connectivity index (χ4n) is 1.65. The van der Waals surface area contributed by atoms with E-state index in [0.717, 1.165) is 0 Å². The molecule has 2 aromatic heterocycles. The number of carbonyl (C=O) groups excluding carboxylic acids is 2. The van der Waals surface area contributed by atoms with Gasteiger partial charge in [0.2, 0.25) is 0 Å². The van der Waals surface area contributed by atoms with Gasteiger partial charge in [0.05, 0.1) is 5.56 Å². The Morgan fingerprint density at radius 3 is 2.71 bits per heavy atom.